The smallest absolute Gasteiger partial charge is 0.116 e. The molecule has 168 valence electrons. The number of benzene rings is 2. The Morgan fingerprint density at radius 2 is 1.70 bits per heavy atom. The molecule has 2 heterocycles. The van der Waals surface area contributed by atoms with Crippen LogP contribution in [0.3, 0.4) is 0 Å². The van der Waals surface area contributed by atoms with Gasteiger partial charge in [0.15, 0.2) is 0 Å². The van der Waals surface area contributed by atoms with Crippen LogP contribution in [0, 0.1) is 6.92 Å². The van der Waals surface area contributed by atoms with E-state index in [0.29, 0.717) is 18.0 Å². The molecule has 0 aliphatic heterocycles. The zero-order valence-corrected chi connectivity index (χ0v) is 19.3. The molecule has 0 unspecified atom stereocenters. The highest BCUT2D eigenvalue weighted by atomic mass is 15.1. The molecule has 0 radical (unpaired) electrons. The van der Waals surface area contributed by atoms with E-state index in [0.717, 1.165) is 48.2 Å². The number of rotatable bonds is 6. The van der Waals surface area contributed by atoms with Crippen LogP contribution < -0.4 is 5.32 Å². The monoisotopic (exact) mass is 437 g/mol. The molecule has 2 aromatic carbocycles. The van der Waals surface area contributed by atoms with Gasteiger partial charge in [0, 0.05) is 41.0 Å². The molecule has 1 atom stereocenters. The number of aromatic amines is 1. The molecule has 5 nitrogen and oxygen atoms in total. The lowest BCUT2D eigenvalue weighted by molar-refractivity contribution is 0.319. The lowest BCUT2D eigenvalue weighted by atomic mass is 9.81. The predicted molar refractivity (Wildman–Crippen MR) is 133 cm³/mol. The van der Waals surface area contributed by atoms with Gasteiger partial charge < -0.3 is 5.32 Å². The number of aryl methyl sites for hydroxylation is 1. The molecule has 33 heavy (non-hydrogen) atoms. The SMILES string of the molecule is Cc1ccc(-c2n[nH]c(C3CCC(N[C@H](C)c4ccccc4)CC3)c2-c2ccncn2)cc1. The first-order chi connectivity index (χ1) is 16.2. The van der Waals surface area contributed by atoms with Crippen molar-refractivity contribution in [2.45, 2.75) is 57.5 Å². The summed E-state index contributed by atoms with van der Waals surface area (Å²) in [5.41, 5.74) is 7.94. The highest BCUT2D eigenvalue weighted by Crippen LogP contribution is 2.41. The standard InChI is InChI=1S/C28H31N5/c1-19-8-10-22(11-9-19)27-26(25-16-17-29-18-30-25)28(33-32-27)23-12-14-24(15-13-23)31-20(2)21-6-4-3-5-7-21/h3-11,16-18,20,23-24,31H,12-15H2,1-2H3,(H,32,33)/t20-,23?,24?/m1/s1. The lowest BCUT2D eigenvalue weighted by Gasteiger charge is -2.31. The number of hydrogen-bond donors (Lipinski definition) is 2. The molecule has 0 spiro atoms. The van der Waals surface area contributed by atoms with Gasteiger partial charge in [0.25, 0.3) is 0 Å². The van der Waals surface area contributed by atoms with Crippen LogP contribution in [0.2, 0.25) is 0 Å². The first-order valence-corrected chi connectivity index (χ1v) is 11.9. The molecular formula is C28H31N5. The maximum absolute atomic E-state index is 4.77. The van der Waals surface area contributed by atoms with E-state index >= 15 is 0 Å². The summed E-state index contributed by atoms with van der Waals surface area (Å²) in [6.45, 7) is 4.37. The molecule has 4 aromatic rings. The number of aromatic nitrogens is 4. The molecule has 5 heteroatoms. The molecule has 0 bridgehead atoms. The highest BCUT2D eigenvalue weighted by Gasteiger charge is 2.29. The summed E-state index contributed by atoms with van der Waals surface area (Å²) in [5.74, 6) is 0.451. The molecule has 2 N–H and O–H groups in total. The second kappa shape index (κ2) is 9.67. The van der Waals surface area contributed by atoms with Crippen molar-refractivity contribution in [1.29, 1.82) is 0 Å². The second-order valence-corrected chi connectivity index (χ2v) is 9.17. The van der Waals surface area contributed by atoms with E-state index in [1.165, 1.54) is 16.8 Å². The number of H-pyrrole nitrogens is 1. The van der Waals surface area contributed by atoms with Gasteiger partial charge in [-0.1, -0.05) is 60.2 Å². The Labute approximate surface area is 195 Å². The molecule has 1 aliphatic rings. The van der Waals surface area contributed by atoms with Gasteiger partial charge in [-0.05, 0) is 51.2 Å². The Balaban J connectivity index is 1.36. The Morgan fingerprint density at radius 1 is 0.939 bits per heavy atom. The van der Waals surface area contributed by atoms with E-state index in [1.54, 1.807) is 6.33 Å². The van der Waals surface area contributed by atoms with Crippen LogP contribution in [0.4, 0.5) is 0 Å². The predicted octanol–water partition coefficient (Wildman–Crippen LogP) is 6.22. The summed E-state index contributed by atoms with van der Waals surface area (Å²) in [6, 6.07) is 22.2. The fourth-order valence-electron chi connectivity index (χ4n) is 5.01. The highest BCUT2D eigenvalue weighted by molar-refractivity contribution is 5.81. The normalized spacial score (nSPS) is 19.3. The molecule has 5 rings (SSSR count). The molecule has 2 aromatic heterocycles. The van der Waals surface area contributed by atoms with Crippen LogP contribution in [0.25, 0.3) is 22.5 Å². The Hall–Kier alpha value is -3.31. The Kier molecular flexibility index (Phi) is 6.31. The first kappa shape index (κ1) is 21.5. The average molecular weight is 438 g/mol. The summed E-state index contributed by atoms with van der Waals surface area (Å²) < 4.78 is 0. The van der Waals surface area contributed by atoms with Crippen LogP contribution in [-0.2, 0) is 0 Å². The third-order valence-electron chi connectivity index (χ3n) is 6.88. The summed E-state index contributed by atoms with van der Waals surface area (Å²) in [4.78, 5) is 8.71. The largest absolute Gasteiger partial charge is 0.307 e. The van der Waals surface area contributed by atoms with E-state index in [9.17, 15) is 0 Å². The summed E-state index contributed by atoms with van der Waals surface area (Å²) in [6.07, 6.45) is 8.01. The summed E-state index contributed by atoms with van der Waals surface area (Å²) in [5, 5.41) is 12.0. The quantitative estimate of drug-likeness (QED) is 0.376. The van der Waals surface area contributed by atoms with Crippen molar-refractivity contribution >= 4 is 0 Å². The van der Waals surface area contributed by atoms with Gasteiger partial charge in [0.2, 0.25) is 0 Å². The number of hydrogen-bond acceptors (Lipinski definition) is 4. The van der Waals surface area contributed by atoms with Crippen molar-refractivity contribution in [2.24, 2.45) is 0 Å². The lowest BCUT2D eigenvalue weighted by Crippen LogP contribution is -2.34. The van der Waals surface area contributed by atoms with Crippen molar-refractivity contribution < 1.29 is 0 Å². The fraction of sp³-hybridized carbons (Fsp3) is 0.321. The zero-order chi connectivity index (χ0) is 22.6. The molecule has 0 amide bonds. The van der Waals surface area contributed by atoms with E-state index < -0.39 is 0 Å². The van der Waals surface area contributed by atoms with E-state index in [-0.39, 0.29) is 0 Å². The van der Waals surface area contributed by atoms with Gasteiger partial charge in [0.05, 0.1) is 5.69 Å². The third-order valence-corrected chi connectivity index (χ3v) is 6.88. The summed E-state index contributed by atoms with van der Waals surface area (Å²) >= 11 is 0. The van der Waals surface area contributed by atoms with Crippen LogP contribution in [-0.4, -0.2) is 26.2 Å². The molecule has 1 fully saturated rings. The minimum absolute atomic E-state index is 0.365. The van der Waals surface area contributed by atoms with Crippen molar-refractivity contribution in [2.75, 3.05) is 0 Å². The van der Waals surface area contributed by atoms with Gasteiger partial charge in [-0.3, -0.25) is 5.10 Å². The third kappa shape index (κ3) is 4.74. The molecule has 0 saturated heterocycles. The van der Waals surface area contributed by atoms with Gasteiger partial charge in [-0.2, -0.15) is 5.10 Å². The van der Waals surface area contributed by atoms with Crippen LogP contribution >= 0.6 is 0 Å². The van der Waals surface area contributed by atoms with E-state index in [2.05, 4.69) is 88.8 Å². The van der Waals surface area contributed by atoms with Crippen LogP contribution in [0.15, 0.2) is 73.2 Å². The topological polar surface area (TPSA) is 66.5 Å². The van der Waals surface area contributed by atoms with Crippen molar-refractivity contribution in [3.63, 3.8) is 0 Å². The van der Waals surface area contributed by atoms with Crippen molar-refractivity contribution in [3.05, 3.63) is 90.0 Å². The first-order valence-electron chi connectivity index (χ1n) is 11.9. The maximum Gasteiger partial charge on any atom is 0.116 e. The van der Waals surface area contributed by atoms with Gasteiger partial charge in [-0.25, -0.2) is 9.97 Å². The molecular weight excluding hydrogens is 406 g/mol. The average Bonchev–Trinajstić information content (AvgIpc) is 3.31. The Morgan fingerprint density at radius 3 is 2.39 bits per heavy atom. The number of nitrogens with zero attached hydrogens (tertiary/aromatic N) is 3. The molecule has 1 aliphatic carbocycles. The van der Waals surface area contributed by atoms with Crippen LogP contribution in [0.5, 0.6) is 0 Å². The molecule has 1 saturated carbocycles. The maximum atomic E-state index is 4.77. The van der Waals surface area contributed by atoms with Crippen LogP contribution in [0.1, 0.15) is 61.4 Å². The van der Waals surface area contributed by atoms with Crippen molar-refractivity contribution in [3.8, 4) is 22.5 Å². The zero-order valence-electron chi connectivity index (χ0n) is 19.3. The minimum atomic E-state index is 0.365. The number of nitrogens with one attached hydrogen (secondary N) is 2. The van der Waals surface area contributed by atoms with Gasteiger partial charge in [-0.15, -0.1) is 0 Å². The second-order valence-electron chi connectivity index (χ2n) is 9.17. The van der Waals surface area contributed by atoms with Gasteiger partial charge >= 0.3 is 0 Å². The van der Waals surface area contributed by atoms with E-state index in [4.69, 9.17) is 5.10 Å². The Bertz CT molecular complexity index is 1160. The van der Waals surface area contributed by atoms with E-state index in [1.807, 2.05) is 12.3 Å². The van der Waals surface area contributed by atoms with Gasteiger partial charge in [0.1, 0.15) is 12.0 Å². The fourth-order valence-corrected chi connectivity index (χ4v) is 5.01. The summed E-state index contributed by atoms with van der Waals surface area (Å²) in [7, 11) is 0. The minimum Gasteiger partial charge on any atom is -0.307 e. The van der Waals surface area contributed by atoms with Crippen molar-refractivity contribution in [1.82, 2.24) is 25.5 Å².